The standard InChI is InChI=1S/C18H21FN5O3P/c1-28(2,26)11-3-4-13(20-8-11)15-7-12(19)16-9-21-18(23-24(15)16)22-14-5-6-27-10-17(14)25/h3-4,7-9,14,17,25H,5-6,10H2,1-2H3,(H,22,23)/t14-,17-/m1/s1. The molecule has 3 aromatic heterocycles. The Labute approximate surface area is 161 Å². The van der Waals surface area contributed by atoms with E-state index in [1.807, 2.05) is 0 Å². The highest BCUT2D eigenvalue weighted by Crippen LogP contribution is 2.34. The summed E-state index contributed by atoms with van der Waals surface area (Å²) in [5, 5.41) is 18.2. The summed E-state index contributed by atoms with van der Waals surface area (Å²) in [5.41, 5.74) is 1.18. The lowest BCUT2D eigenvalue weighted by atomic mass is 10.1. The van der Waals surface area contributed by atoms with Gasteiger partial charge < -0.3 is 19.7 Å². The topological polar surface area (TPSA) is 102 Å². The molecule has 10 heteroatoms. The summed E-state index contributed by atoms with van der Waals surface area (Å²) in [4.78, 5) is 8.50. The van der Waals surface area contributed by atoms with E-state index in [0.29, 0.717) is 29.7 Å². The van der Waals surface area contributed by atoms with Gasteiger partial charge in [-0.25, -0.2) is 13.9 Å². The molecule has 1 saturated heterocycles. The van der Waals surface area contributed by atoms with Crippen molar-refractivity contribution < 1.29 is 18.8 Å². The Kier molecular flexibility index (Phi) is 4.91. The van der Waals surface area contributed by atoms with Crippen molar-refractivity contribution in [3.63, 3.8) is 0 Å². The number of aliphatic hydroxyl groups excluding tert-OH is 1. The minimum atomic E-state index is -2.42. The van der Waals surface area contributed by atoms with Crippen LogP contribution < -0.4 is 10.6 Å². The highest BCUT2D eigenvalue weighted by Gasteiger charge is 2.25. The molecule has 0 aromatic carbocycles. The van der Waals surface area contributed by atoms with Gasteiger partial charge in [0, 0.05) is 24.2 Å². The largest absolute Gasteiger partial charge is 0.389 e. The third kappa shape index (κ3) is 3.65. The van der Waals surface area contributed by atoms with Crippen LogP contribution in [0, 0.1) is 5.82 Å². The fourth-order valence-corrected chi connectivity index (χ4v) is 3.88. The van der Waals surface area contributed by atoms with Gasteiger partial charge in [-0.15, -0.1) is 5.10 Å². The molecule has 0 spiro atoms. The molecular formula is C18H21FN5O3P. The Morgan fingerprint density at radius 3 is 2.82 bits per heavy atom. The first kappa shape index (κ1) is 19.0. The molecule has 28 heavy (non-hydrogen) atoms. The third-order valence-corrected chi connectivity index (χ3v) is 6.25. The molecule has 148 valence electrons. The van der Waals surface area contributed by atoms with Gasteiger partial charge in [0.1, 0.15) is 12.7 Å². The second kappa shape index (κ2) is 7.24. The zero-order valence-corrected chi connectivity index (χ0v) is 16.4. The van der Waals surface area contributed by atoms with Crippen molar-refractivity contribution in [1.82, 2.24) is 19.6 Å². The van der Waals surface area contributed by atoms with Gasteiger partial charge in [-0.3, -0.25) is 4.98 Å². The monoisotopic (exact) mass is 405 g/mol. The fourth-order valence-electron chi connectivity index (χ4n) is 3.11. The zero-order valence-electron chi connectivity index (χ0n) is 15.5. The number of nitrogens with one attached hydrogen (secondary N) is 1. The molecule has 2 atom stereocenters. The van der Waals surface area contributed by atoms with Gasteiger partial charge in [-0.2, -0.15) is 0 Å². The van der Waals surface area contributed by atoms with Crippen molar-refractivity contribution in [1.29, 1.82) is 0 Å². The number of hydrogen-bond acceptors (Lipinski definition) is 7. The van der Waals surface area contributed by atoms with Crippen molar-refractivity contribution in [3.05, 3.63) is 36.4 Å². The molecule has 8 nitrogen and oxygen atoms in total. The SMILES string of the molecule is CP(C)(=O)c1ccc(-c2cc(F)c3cnc(N[C@@H]4CCOC[C@H]4O)nn23)nc1. The van der Waals surface area contributed by atoms with Crippen molar-refractivity contribution in [2.24, 2.45) is 0 Å². The Hall–Kier alpha value is -2.35. The highest BCUT2D eigenvalue weighted by atomic mass is 31.2. The number of halogens is 1. The first-order chi connectivity index (χ1) is 13.3. The summed E-state index contributed by atoms with van der Waals surface area (Å²) in [6.45, 7) is 4.13. The van der Waals surface area contributed by atoms with Gasteiger partial charge in [0.25, 0.3) is 0 Å². The Bertz CT molecular complexity index is 1050. The van der Waals surface area contributed by atoms with Gasteiger partial charge in [0.2, 0.25) is 5.95 Å². The van der Waals surface area contributed by atoms with E-state index in [4.69, 9.17) is 4.74 Å². The molecule has 1 fully saturated rings. The van der Waals surface area contributed by atoms with E-state index in [9.17, 15) is 14.1 Å². The predicted molar refractivity (Wildman–Crippen MR) is 104 cm³/mol. The van der Waals surface area contributed by atoms with Crippen LogP contribution in [-0.2, 0) is 9.30 Å². The number of aliphatic hydroxyl groups is 1. The molecule has 1 aliphatic rings. The van der Waals surface area contributed by atoms with Crippen molar-refractivity contribution >= 4 is 23.9 Å². The molecule has 4 heterocycles. The van der Waals surface area contributed by atoms with Gasteiger partial charge in [-0.1, -0.05) is 0 Å². The van der Waals surface area contributed by atoms with Gasteiger partial charge in [0.05, 0.1) is 36.3 Å². The van der Waals surface area contributed by atoms with E-state index >= 15 is 0 Å². The minimum Gasteiger partial charge on any atom is -0.389 e. The summed E-state index contributed by atoms with van der Waals surface area (Å²) in [7, 11) is -2.42. The van der Waals surface area contributed by atoms with E-state index in [2.05, 4.69) is 20.4 Å². The number of aromatic nitrogens is 4. The van der Waals surface area contributed by atoms with Crippen LogP contribution in [0.1, 0.15) is 6.42 Å². The van der Waals surface area contributed by atoms with Crippen molar-refractivity contribution in [2.75, 3.05) is 31.9 Å². The zero-order chi connectivity index (χ0) is 19.9. The van der Waals surface area contributed by atoms with Crippen LogP contribution in [-0.4, -0.2) is 63.4 Å². The molecule has 0 saturated carbocycles. The van der Waals surface area contributed by atoms with E-state index in [0.717, 1.165) is 0 Å². The van der Waals surface area contributed by atoms with Crippen LogP contribution in [0.5, 0.6) is 0 Å². The molecule has 1 aliphatic heterocycles. The summed E-state index contributed by atoms with van der Waals surface area (Å²) in [5.74, 6) is -0.186. The number of pyridine rings is 1. The van der Waals surface area contributed by atoms with Crippen LogP contribution >= 0.6 is 7.14 Å². The van der Waals surface area contributed by atoms with Crippen molar-refractivity contribution in [2.45, 2.75) is 18.6 Å². The average Bonchev–Trinajstić information content (AvgIpc) is 2.99. The first-order valence-electron chi connectivity index (χ1n) is 8.91. The smallest absolute Gasteiger partial charge is 0.241 e. The molecule has 0 radical (unpaired) electrons. The first-order valence-corrected chi connectivity index (χ1v) is 11.5. The molecule has 0 aliphatic carbocycles. The second-order valence-electron chi connectivity index (χ2n) is 7.19. The second-order valence-corrected chi connectivity index (χ2v) is 10.4. The van der Waals surface area contributed by atoms with Crippen molar-refractivity contribution in [3.8, 4) is 11.4 Å². The maximum Gasteiger partial charge on any atom is 0.241 e. The number of rotatable bonds is 4. The maximum absolute atomic E-state index is 14.4. The lowest BCUT2D eigenvalue weighted by Crippen LogP contribution is -2.42. The van der Waals surface area contributed by atoms with E-state index in [1.54, 1.807) is 31.7 Å². The number of fused-ring (bicyclic) bond motifs is 1. The van der Waals surface area contributed by atoms with Crippen LogP contribution in [0.4, 0.5) is 10.3 Å². The fraction of sp³-hybridized carbons (Fsp3) is 0.389. The molecule has 4 rings (SSSR count). The summed E-state index contributed by atoms with van der Waals surface area (Å²) >= 11 is 0. The minimum absolute atomic E-state index is 0.218. The molecule has 0 unspecified atom stereocenters. The normalized spacial score (nSPS) is 20.4. The highest BCUT2D eigenvalue weighted by molar-refractivity contribution is 7.70. The Morgan fingerprint density at radius 1 is 1.32 bits per heavy atom. The van der Waals surface area contributed by atoms with Gasteiger partial charge in [0.15, 0.2) is 5.82 Å². The number of nitrogens with zero attached hydrogens (tertiary/aromatic N) is 4. The third-order valence-electron chi connectivity index (χ3n) is 4.74. The lowest BCUT2D eigenvalue weighted by Gasteiger charge is -2.28. The molecular weight excluding hydrogens is 384 g/mol. The van der Waals surface area contributed by atoms with Crippen LogP contribution in [0.2, 0.25) is 0 Å². The van der Waals surface area contributed by atoms with Gasteiger partial charge >= 0.3 is 0 Å². The summed E-state index contributed by atoms with van der Waals surface area (Å²) in [6.07, 6.45) is 2.89. The van der Waals surface area contributed by atoms with E-state index in [-0.39, 0.29) is 24.1 Å². The quantitative estimate of drug-likeness (QED) is 0.638. The summed E-state index contributed by atoms with van der Waals surface area (Å²) < 4.78 is 33.2. The van der Waals surface area contributed by atoms with Crippen LogP contribution in [0.25, 0.3) is 16.9 Å². The molecule has 0 amide bonds. The maximum atomic E-state index is 14.4. The van der Waals surface area contributed by atoms with Crippen LogP contribution in [0.3, 0.4) is 0 Å². The number of ether oxygens (including phenoxy) is 1. The lowest BCUT2D eigenvalue weighted by molar-refractivity contribution is -0.0136. The number of hydrogen-bond donors (Lipinski definition) is 2. The average molecular weight is 405 g/mol. The molecule has 3 aromatic rings. The van der Waals surface area contributed by atoms with E-state index < -0.39 is 19.1 Å². The van der Waals surface area contributed by atoms with Gasteiger partial charge in [-0.05, 0) is 31.9 Å². The van der Waals surface area contributed by atoms with Crippen LogP contribution in [0.15, 0.2) is 30.6 Å². The Balaban J connectivity index is 1.70. The molecule has 0 bridgehead atoms. The Morgan fingerprint density at radius 2 is 2.14 bits per heavy atom. The predicted octanol–water partition coefficient (Wildman–Crippen LogP) is 1.74. The number of anilines is 1. The summed E-state index contributed by atoms with van der Waals surface area (Å²) in [6, 6.07) is 4.54. The molecule has 2 N–H and O–H groups in total. The van der Waals surface area contributed by atoms with E-state index in [1.165, 1.54) is 16.8 Å².